The quantitative estimate of drug-likeness (QED) is 0.897. The summed E-state index contributed by atoms with van der Waals surface area (Å²) < 4.78 is 1.71. The van der Waals surface area contributed by atoms with Crippen molar-refractivity contribution in [3.8, 4) is 5.82 Å². The van der Waals surface area contributed by atoms with Crippen LogP contribution < -0.4 is 5.32 Å². The van der Waals surface area contributed by atoms with Crippen LogP contribution in [0.25, 0.3) is 5.82 Å². The van der Waals surface area contributed by atoms with Crippen molar-refractivity contribution >= 4 is 11.8 Å². The van der Waals surface area contributed by atoms with E-state index in [9.17, 15) is 9.59 Å². The van der Waals surface area contributed by atoms with Gasteiger partial charge in [-0.05, 0) is 63.1 Å². The lowest BCUT2D eigenvalue weighted by Crippen LogP contribution is -2.49. The van der Waals surface area contributed by atoms with Crippen LogP contribution in [0.5, 0.6) is 0 Å². The average Bonchev–Trinajstić information content (AvgIpc) is 3.29. The monoisotopic (exact) mass is 367 g/mol. The third-order valence-corrected chi connectivity index (χ3v) is 5.87. The largest absolute Gasteiger partial charge is 0.341 e. The number of hydrogen-bond donors (Lipinski definition) is 1. The van der Waals surface area contributed by atoms with Gasteiger partial charge >= 0.3 is 0 Å². The van der Waals surface area contributed by atoms with Crippen molar-refractivity contribution in [2.45, 2.75) is 45.6 Å². The molecule has 27 heavy (non-hydrogen) atoms. The molecule has 7 heteroatoms. The lowest BCUT2D eigenvalue weighted by molar-refractivity contribution is -0.134. The van der Waals surface area contributed by atoms with E-state index in [0.29, 0.717) is 16.8 Å². The van der Waals surface area contributed by atoms with E-state index in [1.165, 1.54) is 19.0 Å². The molecule has 142 valence electrons. The Morgan fingerprint density at radius 2 is 1.89 bits per heavy atom. The van der Waals surface area contributed by atoms with E-state index < -0.39 is 6.04 Å². The zero-order valence-electron chi connectivity index (χ0n) is 15.8. The van der Waals surface area contributed by atoms with Crippen molar-refractivity contribution in [1.29, 1.82) is 0 Å². The summed E-state index contributed by atoms with van der Waals surface area (Å²) in [5.41, 5.74) is 1.93. The summed E-state index contributed by atoms with van der Waals surface area (Å²) in [6.45, 7) is 5.29. The van der Waals surface area contributed by atoms with Crippen molar-refractivity contribution in [3.05, 3.63) is 41.9 Å². The van der Waals surface area contributed by atoms with E-state index in [-0.39, 0.29) is 11.8 Å². The zero-order chi connectivity index (χ0) is 19.0. The number of pyridine rings is 1. The molecule has 2 aromatic rings. The Balaban J connectivity index is 1.35. The van der Waals surface area contributed by atoms with Crippen molar-refractivity contribution in [3.63, 3.8) is 0 Å². The molecule has 1 saturated carbocycles. The molecule has 1 atom stereocenters. The van der Waals surface area contributed by atoms with Gasteiger partial charge in [0.25, 0.3) is 5.91 Å². The van der Waals surface area contributed by atoms with Crippen molar-refractivity contribution in [2.75, 3.05) is 13.1 Å². The van der Waals surface area contributed by atoms with E-state index in [1.54, 1.807) is 29.9 Å². The van der Waals surface area contributed by atoms with Crippen LogP contribution in [0.1, 0.15) is 48.7 Å². The van der Waals surface area contributed by atoms with E-state index in [4.69, 9.17) is 0 Å². The van der Waals surface area contributed by atoms with Crippen LogP contribution in [0.15, 0.2) is 30.6 Å². The average molecular weight is 367 g/mol. The summed E-state index contributed by atoms with van der Waals surface area (Å²) in [6, 6.07) is 4.80. The molecule has 3 heterocycles. The SMILES string of the molecule is Cc1ccnn1-c1ccc(C(=O)N[C@H](C)C(=O)N2CCC3(CC2)CC3)cn1. The first-order valence-corrected chi connectivity index (χ1v) is 9.54. The molecule has 2 aliphatic rings. The normalized spacial score (nSPS) is 19.0. The summed E-state index contributed by atoms with van der Waals surface area (Å²) in [4.78, 5) is 31.3. The lowest BCUT2D eigenvalue weighted by Gasteiger charge is -2.33. The first-order valence-electron chi connectivity index (χ1n) is 9.54. The van der Waals surface area contributed by atoms with Crippen LogP contribution in [0.3, 0.4) is 0 Å². The topological polar surface area (TPSA) is 80.1 Å². The minimum Gasteiger partial charge on any atom is -0.341 e. The first-order chi connectivity index (χ1) is 13.0. The summed E-state index contributed by atoms with van der Waals surface area (Å²) in [6.07, 6.45) is 8.03. The van der Waals surface area contributed by atoms with Crippen LogP contribution in [-0.2, 0) is 4.79 Å². The van der Waals surface area contributed by atoms with Gasteiger partial charge in [0.2, 0.25) is 5.91 Å². The van der Waals surface area contributed by atoms with E-state index >= 15 is 0 Å². The van der Waals surface area contributed by atoms with Gasteiger partial charge in [-0.3, -0.25) is 9.59 Å². The molecule has 1 aliphatic carbocycles. The molecule has 1 aliphatic heterocycles. The Labute approximate surface area is 158 Å². The van der Waals surface area contributed by atoms with Crippen LogP contribution in [0.2, 0.25) is 0 Å². The van der Waals surface area contributed by atoms with Gasteiger partial charge in [-0.15, -0.1) is 0 Å². The van der Waals surface area contributed by atoms with Crippen LogP contribution in [0.4, 0.5) is 0 Å². The van der Waals surface area contributed by atoms with Gasteiger partial charge in [-0.25, -0.2) is 9.67 Å². The molecule has 2 fully saturated rings. The zero-order valence-corrected chi connectivity index (χ0v) is 15.8. The Morgan fingerprint density at radius 3 is 2.44 bits per heavy atom. The predicted octanol–water partition coefficient (Wildman–Crippen LogP) is 2.10. The standard InChI is InChI=1S/C20H25N5O2/c1-14-5-10-22-25(14)17-4-3-16(13-21-17)18(26)23-15(2)19(27)24-11-8-20(6-7-20)9-12-24/h3-5,10,13,15H,6-9,11-12H2,1-2H3,(H,23,26)/t15-/m1/s1. The number of nitrogens with one attached hydrogen (secondary N) is 1. The molecule has 4 rings (SSSR count). The maximum atomic E-state index is 12.6. The maximum absolute atomic E-state index is 12.6. The number of likely N-dealkylation sites (tertiary alicyclic amines) is 1. The maximum Gasteiger partial charge on any atom is 0.253 e. The smallest absolute Gasteiger partial charge is 0.253 e. The molecule has 0 bridgehead atoms. The fraction of sp³-hybridized carbons (Fsp3) is 0.500. The molecular weight excluding hydrogens is 342 g/mol. The lowest BCUT2D eigenvalue weighted by atomic mass is 9.93. The second-order valence-electron chi connectivity index (χ2n) is 7.81. The molecule has 7 nitrogen and oxygen atoms in total. The highest BCUT2D eigenvalue weighted by Gasteiger charge is 2.45. The van der Waals surface area contributed by atoms with Crippen molar-refractivity contribution < 1.29 is 9.59 Å². The number of nitrogens with zero attached hydrogens (tertiary/aromatic N) is 4. The molecule has 2 aromatic heterocycles. The highest BCUT2D eigenvalue weighted by molar-refractivity contribution is 5.97. The summed E-state index contributed by atoms with van der Waals surface area (Å²) >= 11 is 0. The summed E-state index contributed by atoms with van der Waals surface area (Å²) in [7, 11) is 0. The second kappa shape index (κ2) is 6.79. The number of rotatable bonds is 4. The summed E-state index contributed by atoms with van der Waals surface area (Å²) in [5, 5.41) is 7.00. The second-order valence-corrected chi connectivity index (χ2v) is 7.81. The highest BCUT2D eigenvalue weighted by Crippen LogP contribution is 2.53. The number of amides is 2. The molecule has 0 unspecified atom stereocenters. The first kappa shape index (κ1) is 17.7. The van der Waals surface area contributed by atoms with Gasteiger partial charge in [0, 0.05) is 31.2 Å². The van der Waals surface area contributed by atoms with Crippen LogP contribution >= 0.6 is 0 Å². The van der Waals surface area contributed by atoms with Gasteiger partial charge in [0.1, 0.15) is 6.04 Å². The minimum atomic E-state index is -0.543. The van der Waals surface area contributed by atoms with Gasteiger partial charge in [-0.1, -0.05) is 0 Å². The molecular formula is C20H25N5O2. The summed E-state index contributed by atoms with van der Waals surface area (Å²) in [5.74, 6) is 0.360. The minimum absolute atomic E-state index is 0.00408. The van der Waals surface area contributed by atoms with Crippen molar-refractivity contribution in [2.24, 2.45) is 5.41 Å². The molecule has 2 amide bonds. The molecule has 1 N–H and O–H groups in total. The Morgan fingerprint density at radius 1 is 1.15 bits per heavy atom. The highest BCUT2D eigenvalue weighted by atomic mass is 16.2. The number of carbonyl (C=O) groups is 2. The van der Waals surface area contributed by atoms with Crippen LogP contribution in [-0.4, -0.2) is 50.6 Å². The van der Waals surface area contributed by atoms with Gasteiger partial charge in [0.15, 0.2) is 5.82 Å². The number of carbonyl (C=O) groups excluding carboxylic acids is 2. The third-order valence-electron chi connectivity index (χ3n) is 5.87. The third kappa shape index (κ3) is 3.59. The molecule has 0 radical (unpaired) electrons. The van der Waals surface area contributed by atoms with E-state index in [0.717, 1.165) is 31.6 Å². The Bertz CT molecular complexity index is 844. The van der Waals surface area contributed by atoms with Crippen LogP contribution in [0, 0.1) is 12.3 Å². The van der Waals surface area contributed by atoms with Crippen molar-refractivity contribution in [1.82, 2.24) is 25.0 Å². The van der Waals surface area contributed by atoms with Gasteiger partial charge in [-0.2, -0.15) is 5.10 Å². The number of aryl methyl sites for hydroxylation is 1. The molecule has 1 saturated heterocycles. The number of hydrogen-bond acceptors (Lipinski definition) is 4. The number of aromatic nitrogens is 3. The van der Waals surface area contributed by atoms with Gasteiger partial charge < -0.3 is 10.2 Å². The number of piperidine rings is 1. The van der Waals surface area contributed by atoms with Gasteiger partial charge in [0.05, 0.1) is 5.56 Å². The fourth-order valence-electron chi connectivity index (χ4n) is 3.75. The van der Waals surface area contributed by atoms with E-state index in [2.05, 4.69) is 15.4 Å². The molecule has 1 spiro atoms. The Kier molecular flexibility index (Phi) is 4.45. The molecule has 0 aromatic carbocycles. The predicted molar refractivity (Wildman–Crippen MR) is 101 cm³/mol. The Hall–Kier alpha value is -2.70. The van der Waals surface area contributed by atoms with E-state index in [1.807, 2.05) is 17.9 Å². The fourth-order valence-corrected chi connectivity index (χ4v) is 3.75.